The molecular formula is C18H32N6O. The molecule has 0 aliphatic heterocycles. The van der Waals surface area contributed by atoms with E-state index in [1.54, 1.807) is 18.1 Å². The van der Waals surface area contributed by atoms with Gasteiger partial charge < -0.3 is 15.5 Å². The second kappa shape index (κ2) is 8.87. The molecular weight excluding hydrogens is 316 g/mol. The fourth-order valence-electron chi connectivity index (χ4n) is 3.53. The Kier molecular flexibility index (Phi) is 6.84. The second-order valence-electron chi connectivity index (χ2n) is 7.33. The Morgan fingerprint density at radius 2 is 2.08 bits per heavy atom. The van der Waals surface area contributed by atoms with Crippen molar-refractivity contribution in [1.29, 1.82) is 0 Å². The summed E-state index contributed by atoms with van der Waals surface area (Å²) in [5, 5.41) is 11.0. The highest BCUT2D eigenvalue weighted by molar-refractivity contribution is 5.85. The predicted octanol–water partition coefficient (Wildman–Crippen LogP) is 1.33. The number of rotatable bonds is 7. The van der Waals surface area contributed by atoms with Crippen LogP contribution in [0.15, 0.2) is 23.5 Å². The van der Waals surface area contributed by atoms with E-state index < -0.39 is 0 Å². The van der Waals surface area contributed by atoms with Gasteiger partial charge in [0.25, 0.3) is 0 Å². The lowest BCUT2D eigenvalue weighted by molar-refractivity contribution is -0.138. The van der Waals surface area contributed by atoms with Crippen molar-refractivity contribution in [3.63, 3.8) is 0 Å². The van der Waals surface area contributed by atoms with Crippen LogP contribution in [0.25, 0.3) is 0 Å². The molecule has 1 fully saturated rings. The second-order valence-corrected chi connectivity index (χ2v) is 7.33. The summed E-state index contributed by atoms with van der Waals surface area (Å²) in [5.74, 6) is 1.40. The highest BCUT2D eigenvalue weighted by atomic mass is 16.2. The highest BCUT2D eigenvalue weighted by Crippen LogP contribution is 2.38. The Hall–Kier alpha value is -2.05. The zero-order chi connectivity index (χ0) is 18.3. The van der Waals surface area contributed by atoms with Gasteiger partial charge in [-0.25, -0.2) is 0 Å². The Labute approximate surface area is 150 Å². The Bertz CT molecular complexity index is 560. The molecule has 140 valence electrons. The van der Waals surface area contributed by atoms with Gasteiger partial charge in [0.15, 0.2) is 5.96 Å². The van der Waals surface area contributed by atoms with Crippen LogP contribution in [-0.4, -0.2) is 60.8 Å². The standard InChI is InChI=1S/C18H32N6O/c1-15(13-24-11-7-10-22-24)12-20-17(19-2)21-14-18(8-5-6-9-18)16(25)23(3)4/h7,10-11,15H,5-6,8-9,12-14H2,1-4H3,(H2,19,20,21). The summed E-state index contributed by atoms with van der Waals surface area (Å²) >= 11 is 0. The average Bonchev–Trinajstić information content (AvgIpc) is 3.26. The number of carbonyl (C=O) groups excluding carboxylic acids is 1. The molecule has 1 unspecified atom stereocenters. The lowest BCUT2D eigenvalue weighted by atomic mass is 9.84. The first kappa shape index (κ1) is 19.3. The van der Waals surface area contributed by atoms with Crippen LogP contribution < -0.4 is 10.6 Å². The van der Waals surface area contributed by atoms with E-state index in [1.165, 1.54) is 0 Å². The molecule has 7 nitrogen and oxygen atoms in total. The van der Waals surface area contributed by atoms with Gasteiger partial charge in [-0.2, -0.15) is 5.10 Å². The third-order valence-corrected chi connectivity index (χ3v) is 4.91. The summed E-state index contributed by atoms with van der Waals surface area (Å²) in [7, 11) is 5.45. The molecule has 0 bridgehead atoms. The molecule has 1 saturated carbocycles. The van der Waals surface area contributed by atoms with Gasteiger partial charge in [-0.3, -0.25) is 14.5 Å². The quantitative estimate of drug-likeness (QED) is 0.576. The van der Waals surface area contributed by atoms with Crippen LogP contribution in [0.3, 0.4) is 0 Å². The van der Waals surface area contributed by atoms with Crippen molar-refractivity contribution in [1.82, 2.24) is 25.3 Å². The first-order chi connectivity index (χ1) is 12.0. The third kappa shape index (κ3) is 5.21. The first-order valence-electron chi connectivity index (χ1n) is 9.10. The molecule has 1 aromatic heterocycles. The Balaban J connectivity index is 1.83. The van der Waals surface area contributed by atoms with E-state index in [9.17, 15) is 4.79 Å². The summed E-state index contributed by atoms with van der Waals surface area (Å²) in [5.41, 5.74) is -0.290. The zero-order valence-electron chi connectivity index (χ0n) is 16.0. The van der Waals surface area contributed by atoms with E-state index >= 15 is 0 Å². The van der Waals surface area contributed by atoms with E-state index in [-0.39, 0.29) is 11.3 Å². The Morgan fingerprint density at radius 1 is 1.36 bits per heavy atom. The average molecular weight is 348 g/mol. The molecule has 0 radical (unpaired) electrons. The van der Waals surface area contributed by atoms with E-state index in [0.717, 1.165) is 44.7 Å². The fraction of sp³-hybridized carbons (Fsp3) is 0.722. The largest absolute Gasteiger partial charge is 0.356 e. The minimum absolute atomic E-state index is 0.222. The van der Waals surface area contributed by atoms with Gasteiger partial charge in [0, 0.05) is 53.2 Å². The lowest BCUT2D eigenvalue weighted by Gasteiger charge is -2.31. The monoisotopic (exact) mass is 348 g/mol. The minimum Gasteiger partial charge on any atom is -0.356 e. The van der Waals surface area contributed by atoms with E-state index in [1.807, 2.05) is 31.0 Å². The van der Waals surface area contributed by atoms with Crippen LogP contribution in [0.4, 0.5) is 0 Å². The molecule has 2 rings (SSSR count). The van der Waals surface area contributed by atoms with Gasteiger partial charge in [-0.1, -0.05) is 19.8 Å². The van der Waals surface area contributed by atoms with Crippen molar-refractivity contribution in [2.75, 3.05) is 34.2 Å². The van der Waals surface area contributed by atoms with Crippen molar-refractivity contribution in [3.8, 4) is 0 Å². The molecule has 2 N–H and O–H groups in total. The van der Waals surface area contributed by atoms with E-state index in [2.05, 4.69) is 27.6 Å². The van der Waals surface area contributed by atoms with Crippen molar-refractivity contribution < 1.29 is 4.79 Å². The molecule has 1 aromatic rings. The van der Waals surface area contributed by atoms with Crippen LogP contribution in [-0.2, 0) is 11.3 Å². The van der Waals surface area contributed by atoms with Crippen molar-refractivity contribution in [2.45, 2.75) is 39.2 Å². The van der Waals surface area contributed by atoms with Crippen LogP contribution in [0.2, 0.25) is 0 Å². The molecule has 1 atom stereocenters. The van der Waals surface area contributed by atoms with Gasteiger partial charge in [0.2, 0.25) is 5.91 Å². The van der Waals surface area contributed by atoms with E-state index in [0.29, 0.717) is 12.5 Å². The van der Waals surface area contributed by atoms with Crippen LogP contribution in [0, 0.1) is 11.3 Å². The normalized spacial score (nSPS) is 18.0. The number of hydrogen-bond acceptors (Lipinski definition) is 3. The number of nitrogens with one attached hydrogen (secondary N) is 2. The third-order valence-electron chi connectivity index (χ3n) is 4.91. The number of hydrogen-bond donors (Lipinski definition) is 2. The molecule has 1 amide bonds. The van der Waals surface area contributed by atoms with Gasteiger partial charge in [-0.15, -0.1) is 0 Å². The van der Waals surface area contributed by atoms with Gasteiger partial charge in [0.05, 0.1) is 5.41 Å². The molecule has 0 aromatic carbocycles. The molecule has 25 heavy (non-hydrogen) atoms. The maximum Gasteiger partial charge on any atom is 0.230 e. The van der Waals surface area contributed by atoms with Crippen molar-refractivity contribution in [2.24, 2.45) is 16.3 Å². The van der Waals surface area contributed by atoms with Crippen molar-refractivity contribution in [3.05, 3.63) is 18.5 Å². The summed E-state index contributed by atoms with van der Waals surface area (Å²) in [4.78, 5) is 18.6. The molecule has 1 aliphatic carbocycles. The van der Waals surface area contributed by atoms with Crippen molar-refractivity contribution >= 4 is 11.9 Å². The van der Waals surface area contributed by atoms with E-state index in [4.69, 9.17) is 0 Å². The van der Waals surface area contributed by atoms with Crippen LogP contribution >= 0.6 is 0 Å². The zero-order valence-corrected chi connectivity index (χ0v) is 16.0. The Morgan fingerprint density at radius 3 is 2.64 bits per heavy atom. The predicted molar refractivity (Wildman–Crippen MR) is 100 cm³/mol. The lowest BCUT2D eigenvalue weighted by Crippen LogP contribution is -2.49. The highest BCUT2D eigenvalue weighted by Gasteiger charge is 2.42. The SMILES string of the molecule is CN=C(NCC(C)Cn1cccn1)NCC1(C(=O)N(C)C)CCCC1. The minimum atomic E-state index is -0.290. The number of amides is 1. The number of guanidine groups is 1. The summed E-state index contributed by atoms with van der Waals surface area (Å²) in [6, 6.07) is 1.93. The molecule has 7 heteroatoms. The fourth-order valence-corrected chi connectivity index (χ4v) is 3.53. The van der Waals surface area contributed by atoms with Gasteiger partial charge in [-0.05, 0) is 24.8 Å². The molecule has 1 heterocycles. The number of nitrogens with zero attached hydrogens (tertiary/aromatic N) is 4. The maximum atomic E-state index is 12.6. The summed E-state index contributed by atoms with van der Waals surface area (Å²) in [6.45, 7) is 4.47. The summed E-state index contributed by atoms with van der Waals surface area (Å²) < 4.78 is 1.94. The van der Waals surface area contributed by atoms with Crippen LogP contribution in [0.1, 0.15) is 32.6 Å². The number of carbonyl (C=O) groups is 1. The van der Waals surface area contributed by atoms with Gasteiger partial charge in [0.1, 0.15) is 0 Å². The number of aromatic nitrogens is 2. The maximum absolute atomic E-state index is 12.6. The van der Waals surface area contributed by atoms with Crippen LogP contribution in [0.5, 0.6) is 0 Å². The summed E-state index contributed by atoms with van der Waals surface area (Å²) in [6.07, 6.45) is 7.90. The van der Waals surface area contributed by atoms with Gasteiger partial charge >= 0.3 is 0 Å². The topological polar surface area (TPSA) is 74.5 Å². The first-order valence-corrected chi connectivity index (χ1v) is 9.10. The molecule has 1 aliphatic rings. The number of aliphatic imine (C=N–C) groups is 1. The molecule has 0 spiro atoms. The smallest absolute Gasteiger partial charge is 0.230 e. The molecule has 0 saturated heterocycles.